The van der Waals surface area contributed by atoms with Crippen LogP contribution in [0.3, 0.4) is 0 Å². The van der Waals surface area contributed by atoms with Crippen molar-refractivity contribution in [2.24, 2.45) is 4.99 Å². The molecular weight excluding hydrogens is 296 g/mol. The van der Waals surface area contributed by atoms with Gasteiger partial charge < -0.3 is 15.0 Å². The minimum Gasteiger partial charge on any atom is -0.379 e. The molecule has 0 aliphatic carbocycles. The van der Waals surface area contributed by atoms with Crippen molar-refractivity contribution < 1.29 is 4.74 Å². The number of aliphatic imine (C=N–C) groups is 1. The molecule has 0 bridgehead atoms. The number of ether oxygens (including phenoxy) is 1. The highest BCUT2D eigenvalue weighted by molar-refractivity contribution is 8.00. The first-order valence-electron chi connectivity index (χ1n) is 8.36. The van der Waals surface area contributed by atoms with E-state index in [2.05, 4.69) is 59.6 Å². The summed E-state index contributed by atoms with van der Waals surface area (Å²) in [6.45, 7) is 14.9. The van der Waals surface area contributed by atoms with Gasteiger partial charge in [0.2, 0.25) is 0 Å². The molecule has 0 radical (unpaired) electrons. The summed E-state index contributed by atoms with van der Waals surface area (Å²) in [6.07, 6.45) is 0. The van der Waals surface area contributed by atoms with E-state index >= 15 is 0 Å². The molecule has 22 heavy (non-hydrogen) atoms. The maximum atomic E-state index is 5.53. The first kappa shape index (κ1) is 17.9. The summed E-state index contributed by atoms with van der Waals surface area (Å²) >= 11 is 2.05. The Morgan fingerprint density at radius 1 is 1.45 bits per heavy atom. The number of hydrogen-bond acceptors (Lipinski definition) is 4. The molecule has 1 N–H and O–H groups in total. The Kier molecular flexibility index (Phi) is 6.41. The van der Waals surface area contributed by atoms with E-state index in [1.807, 2.05) is 7.05 Å². The molecule has 2 saturated heterocycles. The number of morpholine rings is 1. The van der Waals surface area contributed by atoms with E-state index in [0.717, 1.165) is 45.4 Å². The minimum absolute atomic E-state index is 0.306. The lowest BCUT2D eigenvalue weighted by Gasteiger charge is -2.41. The van der Waals surface area contributed by atoms with Crippen LogP contribution in [0, 0.1) is 0 Å². The first-order valence-corrected chi connectivity index (χ1v) is 9.34. The van der Waals surface area contributed by atoms with Gasteiger partial charge in [0.05, 0.1) is 13.2 Å². The van der Waals surface area contributed by atoms with Gasteiger partial charge in [-0.3, -0.25) is 9.89 Å². The molecule has 2 aliphatic rings. The van der Waals surface area contributed by atoms with Crippen LogP contribution in [0.4, 0.5) is 0 Å². The molecule has 2 unspecified atom stereocenters. The maximum Gasteiger partial charge on any atom is 0.193 e. The summed E-state index contributed by atoms with van der Waals surface area (Å²) in [4.78, 5) is 9.41. The first-order chi connectivity index (χ1) is 10.4. The highest BCUT2D eigenvalue weighted by Gasteiger charge is 2.29. The van der Waals surface area contributed by atoms with Crippen molar-refractivity contribution in [2.75, 3.05) is 52.2 Å². The molecule has 2 aliphatic heterocycles. The fourth-order valence-electron chi connectivity index (χ4n) is 3.28. The molecule has 0 aromatic heterocycles. The summed E-state index contributed by atoms with van der Waals surface area (Å²) < 4.78 is 5.84. The Bertz CT molecular complexity index is 388. The fourth-order valence-corrected chi connectivity index (χ4v) is 4.39. The molecule has 2 fully saturated rings. The van der Waals surface area contributed by atoms with Crippen molar-refractivity contribution >= 4 is 17.7 Å². The van der Waals surface area contributed by atoms with Gasteiger partial charge in [-0.15, -0.1) is 0 Å². The van der Waals surface area contributed by atoms with Crippen LogP contribution in [0.5, 0.6) is 0 Å². The summed E-state index contributed by atoms with van der Waals surface area (Å²) in [5, 5.41) is 3.58. The predicted molar refractivity (Wildman–Crippen MR) is 95.9 cm³/mol. The standard InChI is InChI=1S/C16H32N4OS/c1-13(20-6-8-21-11-14(20)2)10-18-15(17-5)19-7-9-22-16(3,4)12-19/h13-14H,6-12H2,1-5H3,(H,17,18). The zero-order valence-electron chi connectivity index (χ0n) is 14.8. The molecule has 6 heteroatoms. The van der Waals surface area contributed by atoms with Crippen molar-refractivity contribution in [1.29, 1.82) is 0 Å². The van der Waals surface area contributed by atoms with Gasteiger partial charge in [-0.1, -0.05) is 0 Å². The molecule has 2 rings (SSSR count). The van der Waals surface area contributed by atoms with Gasteiger partial charge in [0.25, 0.3) is 0 Å². The lowest BCUT2D eigenvalue weighted by Crippen LogP contribution is -2.55. The molecular formula is C16H32N4OS. The summed E-state index contributed by atoms with van der Waals surface area (Å²) in [5.74, 6) is 2.21. The Morgan fingerprint density at radius 3 is 2.86 bits per heavy atom. The molecule has 128 valence electrons. The molecule has 0 amide bonds. The largest absolute Gasteiger partial charge is 0.379 e. The van der Waals surface area contributed by atoms with E-state index in [-0.39, 0.29) is 0 Å². The molecule has 2 heterocycles. The third kappa shape index (κ3) is 4.77. The average Bonchev–Trinajstić information content (AvgIpc) is 2.47. The zero-order chi connectivity index (χ0) is 16.2. The molecule has 5 nitrogen and oxygen atoms in total. The second kappa shape index (κ2) is 7.88. The Hall–Kier alpha value is -0.460. The van der Waals surface area contributed by atoms with Gasteiger partial charge in [0, 0.05) is 55.8 Å². The third-order valence-electron chi connectivity index (χ3n) is 4.48. The summed E-state index contributed by atoms with van der Waals surface area (Å²) in [7, 11) is 1.89. The van der Waals surface area contributed by atoms with Crippen LogP contribution in [0.15, 0.2) is 4.99 Å². The van der Waals surface area contributed by atoms with Gasteiger partial charge >= 0.3 is 0 Å². The lowest BCUT2D eigenvalue weighted by molar-refractivity contribution is -0.0175. The maximum absolute atomic E-state index is 5.53. The van der Waals surface area contributed by atoms with E-state index in [4.69, 9.17) is 4.74 Å². The highest BCUT2D eigenvalue weighted by atomic mass is 32.2. The van der Waals surface area contributed by atoms with Gasteiger partial charge in [0.15, 0.2) is 5.96 Å². The third-order valence-corrected chi connectivity index (χ3v) is 5.78. The molecule has 0 aromatic rings. The number of guanidine groups is 1. The van der Waals surface area contributed by atoms with Crippen LogP contribution in [0.2, 0.25) is 0 Å². The number of rotatable bonds is 3. The topological polar surface area (TPSA) is 40.1 Å². The van der Waals surface area contributed by atoms with E-state index in [1.54, 1.807) is 0 Å². The number of nitrogens with one attached hydrogen (secondary N) is 1. The van der Waals surface area contributed by atoms with Gasteiger partial charge in [-0.05, 0) is 27.7 Å². The monoisotopic (exact) mass is 328 g/mol. The van der Waals surface area contributed by atoms with Gasteiger partial charge in [-0.2, -0.15) is 11.8 Å². The van der Waals surface area contributed by atoms with Crippen molar-refractivity contribution in [3.05, 3.63) is 0 Å². The quantitative estimate of drug-likeness (QED) is 0.628. The van der Waals surface area contributed by atoms with Crippen LogP contribution in [-0.4, -0.2) is 84.8 Å². The zero-order valence-corrected chi connectivity index (χ0v) is 15.6. The number of nitrogens with zero attached hydrogens (tertiary/aromatic N) is 3. The van der Waals surface area contributed by atoms with Crippen LogP contribution in [-0.2, 0) is 4.74 Å². The van der Waals surface area contributed by atoms with Crippen molar-refractivity contribution in [3.8, 4) is 0 Å². The van der Waals surface area contributed by atoms with Crippen molar-refractivity contribution in [3.63, 3.8) is 0 Å². The normalized spacial score (nSPS) is 28.5. The van der Waals surface area contributed by atoms with Crippen LogP contribution < -0.4 is 5.32 Å². The Labute approximate surface area is 139 Å². The highest BCUT2D eigenvalue weighted by Crippen LogP contribution is 2.29. The van der Waals surface area contributed by atoms with E-state index in [9.17, 15) is 0 Å². The SMILES string of the molecule is CN=C(NCC(C)N1CCOCC1C)N1CCSC(C)(C)C1. The van der Waals surface area contributed by atoms with Crippen LogP contribution in [0.25, 0.3) is 0 Å². The second-order valence-electron chi connectivity index (χ2n) is 6.97. The predicted octanol–water partition coefficient (Wildman–Crippen LogP) is 1.50. The fraction of sp³-hybridized carbons (Fsp3) is 0.938. The Balaban J connectivity index is 1.85. The molecule has 0 spiro atoms. The van der Waals surface area contributed by atoms with Crippen molar-refractivity contribution in [2.45, 2.75) is 44.5 Å². The average molecular weight is 329 g/mol. The van der Waals surface area contributed by atoms with E-state index in [1.165, 1.54) is 5.75 Å². The van der Waals surface area contributed by atoms with Gasteiger partial charge in [-0.25, -0.2) is 0 Å². The molecule has 0 aromatic carbocycles. The van der Waals surface area contributed by atoms with E-state index < -0.39 is 0 Å². The van der Waals surface area contributed by atoms with Gasteiger partial charge in [0.1, 0.15) is 0 Å². The summed E-state index contributed by atoms with van der Waals surface area (Å²) in [6, 6.07) is 0.987. The second-order valence-corrected chi connectivity index (χ2v) is 8.77. The van der Waals surface area contributed by atoms with Crippen LogP contribution >= 0.6 is 11.8 Å². The van der Waals surface area contributed by atoms with Crippen molar-refractivity contribution in [1.82, 2.24) is 15.1 Å². The minimum atomic E-state index is 0.306. The molecule has 0 saturated carbocycles. The van der Waals surface area contributed by atoms with Crippen LogP contribution in [0.1, 0.15) is 27.7 Å². The smallest absolute Gasteiger partial charge is 0.193 e. The number of thioether (sulfide) groups is 1. The Morgan fingerprint density at radius 2 is 2.23 bits per heavy atom. The number of hydrogen-bond donors (Lipinski definition) is 1. The lowest BCUT2D eigenvalue weighted by atomic mass is 10.2. The van der Waals surface area contributed by atoms with E-state index in [0.29, 0.717) is 16.8 Å². The molecule has 2 atom stereocenters. The summed E-state index contributed by atoms with van der Waals surface area (Å²) in [5.41, 5.74) is 0.